The maximum Gasteiger partial charge on any atom is 0.127 e. The molecule has 0 bridgehead atoms. The van der Waals surface area contributed by atoms with Crippen molar-refractivity contribution in [2.45, 2.75) is 52.7 Å². The van der Waals surface area contributed by atoms with E-state index in [2.05, 4.69) is 52.0 Å². The van der Waals surface area contributed by atoms with Crippen LogP contribution in [0.2, 0.25) is 0 Å². The van der Waals surface area contributed by atoms with E-state index in [1.807, 2.05) is 24.3 Å². The van der Waals surface area contributed by atoms with E-state index in [1.54, 1.807) is 0 Å². The summed E-state index contributed by atoms with van der Waals surface area (Å²) >= 11 is 0. The molecule has 33 heavy (non-hydrogen) atoms. The van der Waals surface area contributed by atoms with Crippen molar-refractivity contribution in [3.05, 3.63) is 59.7 Å². The van der Waals surface area contributed by atoms with E-state index in [0.29, 0.717) is 0 Å². The average molecular weight is 455 g/mol. The van der Waals surface area contributed by atoms with Crippen molar-refractivity contribution in [1.82, 2.24) is 0 Å². The Morgan fingerprint density at radius 1 is 0.667 bits per heavy atom. The first-order valence-electron chi connectivity index (χ1n) is 12.2. The van der Waals surface area contributed by atoms with Crippen LogP contribution in [-0.2, 0) is 18.9 Å². The van der Waals surface area contributed by atoms with Gasteiger partial charge in [0.15, 0.2) is 0 Å². The van der Waals surface area contributed by atoms with E-state index in [1.165, 1.54) is 0 Å². The zero-order valence-corrected chi connectivity index (χ0v) is 20.5. The number of hydrogen-bond donors (Lipinski definition) is 0. The van der Waals surface area contributed by atoms with Gasteiger partial charge in [-0.15, -0.1) is 0 Å². The Hall–Kier alpha value is -1.92. The monoisotopic (exact) mass is 454 g/mol. The third-order valence-corrected chi connectivity index (χ3v) is 7.35. The Morgan fingerprint density at radius 2 is 1.03 bits per heavy atom. The summed E-state index contributed by atoms with van der Waals surface area (Å²) in [6.45, 7) is 13.3. The van der Waals surface area contributed by atoms with Crippen LogP contribution in [0.3, 0.4) is 0 Å². The van der Waals surface area contributed by atoms with Gasteiger partial charge in [0.2, 0.25) is 0 Å². The molecule has 180 valence electrons. The van der Waals surface area contributed by atoms with Crippen LogP contribution in [0.15, 0.2) is 48.5 Å². The predicted octanol–water partition coefficient (Wildman–Crippen LogP) is 6.49. The molecule has 5 heteroatoms. The summed E-state index contributed by atoms with van der Waals surface area (Å²) in [7, 11) is 0. The van der Waals surface area contributed by atoms with Crippen LogP contribution in [0, 0.1) is 10.8 Å². The van der Waals surface area contributed by atoms with Gasteiger partial charge in [0.1, 0.15) is 11.5 Å². The van der Waals surface area contributed by atoms with Gasteiger partial charge >= 0.3 is 0 Å². The van der Waals surface area contributed by atoms with Crippen molar-refractivity contribution in [1.29, 1.82) is 0 Å². The molecule has 2 fully saturated rings. The van der Waals surface area contributed by atoms with Crippen LogP contribution in [-0.4, -0.2) is 39.6 Å². The highest BCUT2D eigenvalue weighted by atomic mass is 16.5. The van der Waals surface area contributed by atoms with Crippen molar-refractivity contribution in [3.8, 4) is 11.5 Å². The smallest absolute Gasteiger partial charge is 0.127 e. The first-order valence-corrected chi connectivity index (χ1v) is 12.2. The minimum atomic E-state index is 0.0437. The standard InChI is InChI=1S/C28H38O5/c1-5-27(15-29-16-27)19-31-21(3)23-7-11-25(12-8-23)33-26-13-9-24(10-14-26)22(4)32-20-28(6-2)17-30-18-28/h7-14,21-22H,5-6,15-20H2,1-4H3. The van der Waals surface area contributed by atoms with Gasteiger partial charge in [0.25, 0.3) is 0 Å². The van der Waals surface area contributed by atoms with Gasteiger partial charge in [-0.25, -0.2) is 0 Å². The van der Waals surface area contributed by atoms with Crippen molar-refractivity contribution < 1.29 is 23.7 Å². The Morgan fingerprint density at radius 3 is 1.30 bits per heavy atom. The summed E-state index contributed by atoms with van der Waals surface area (Å²) in [5.41, 5.74) is 2.71. The first-order chi connectivity index (χ1) is 16.0. The fraction of sp³-hybridized carbons (Fsp3) is 0.571. The molecule has 2 aromatic rings. The fourth-order valence-corrected chi connectivity index (χ4v) is 4.11. The van der Waals surface area contributed by atoms with Gasteiger partial charge < -0.3 is 23.7 Å². The Kier molecular flexibility index (Phi) is 7.75. The second-order valence-corrected chi connectivity index (χ2v) is 9.84. The van der Waals surface area contributed by atoms with Gasteiger partial charge in [0.05, 0.1) is 51.8 Å². The molecule has 0 saturated carbocycles. The summed E-state index contributed by atoms with van der Waals surface area (Å²) < 4.78 is 29.1. The normalized spacial score (nSPS) is 20.4. The maximum atomic E-state index is 6.14. The van der Waals surface area contributed by atoms with E-state index in [0.717, 1.165) is 75.1 Å². The van der Waals surface area contributed by atoms with Crippen molar-refractivity contribution >= 4 is 0 Å². The third-order valence-electron chi connectivity index (χ3n) is 7.35. The van der Waals surface area contributed by atoms with Crippen molar-refractivity contribution in [2.75, 3.05) is 39.6 Å². The van der Waals surface area contributed by atoms with Crippen LogP contribution < -0.4 is 4.74 Å². The Labute approximate surface area is 198 Å². The summed E-state index contributed by atoms with van der Waals surface area (Å²) in [6.07, 6.45) is 2.26. The largest absolute Gasteiger partial charge is 0.457 e. The summed E-state index contributed by atoms with van der Waals surface area (Å²) in [5, 5.41) is 0. The number of ether oxygens (including phenoxy) is 5. The molecule has 2 unspecified atom stereocenters. The van der Waals surface area contributed by atoms with Gasteiger partial charge in [-0.3, -0.25) is 0 Å². The van der Waals surface area contributed by atoms with Crippen LogP contribution in [0.1, 0.15) is 63.9 Å². The zero-order chi connectivity index (χ0) is 23.3. The van der Waals surface area contributed by atoms with Crippen molar-refractivity contribution in [2.24, 2.45) is 10.8 Å². The Balaban J connectivity index is 1.26. The molecule has 4 rings (SSSR count). The van der Waals surface area contributed by atoms with E-state index in [4.69, 9.17) is 23.7 Å². The van der Waals surface area contributed by atoms with Gasteiger partial charge in [0, 0.05) is 10.8 Å². The third kappa shape index (κ3) is 5.78. The molecule has 0 N–H and O–H groups in total. The highest BCUT2D eigenvalue weighted by molar-refractivity contribution is 5.35. The number of benzene rings is 2. The fourth-order valence-electron chi connectivity index (χ4n) is 4.11. The highest BCUT2D eigenvalue weighted by Crippen LogP contribution is 2.35. The summed E-state index contributed by atoms with van der Waals surface area (Å²) in [5.74, 6) is 1.63. The second kappa shape index (κ2) is 10.6. The molecule has 0 spiro atoms. The lowest BCUT2D eigenvalue weighted by molar-refractivity contribution is -0.159. The molecule has 0 aliphatic carbocycles. The molecule has 0 aromatic heterocycles. The van der Waals surface area contributed by atoms with Gasteiger partial charge in [-0.1, -0.05) is 38.1 Å². The van der Waals surface area contributed by atoms with Crippen LogP contribution >= 0.6 is 0 Å². The molecule has 2 atom stereocenters. The van der Waals surface area contributed by atoms with E-state index in [-0.39, 0.29) is 23.0 Å². The maximum absolute atomic E-state index is 6.14. The quantitative estimate of drug-likeness (QED) is 0.367. The molecule has 0 amide bonds. The molecular formula is C28H38O5. The van der Waals surface area contributed by atoms with Crippen LogP contribution in [0.5, 0.6) is 11.5 Å². The molecular weight excluding hydrogens is 416 g/mol. The first kappa shape index (κ1) is 24.2. The van der Waals surface area contributed by atoms with E-state index < -0.39 is 0 Å². The number of hydrogen-bond acceptors (Lipinski definition) is 5. The molecule has 2 aliphatic rings. The van der Waals surface area contributed by atoms with Gasteiger partial charge in [-0.2, -0.15) is 0 Å². The minimum absolute atomic E-state index is 0.0437. The molecule has 0 radical (unpaired) electrons. The highest BCUT2D eigenvalue weighted by Gasteiger charge is 2.38. The summed E-state index contributed by atoms with van der Waals surface area (Å²) in [4.78, 5) is 0. The van der Waals surface area contributed by atoms with E-state index >= 15 is 0 Å². The average Bonchev–Trinajstić information content (AvgIpc) is 2.79. The molecule has 2 aromatic carbocycles. The molecule has 2 aliphatic heterocycles. The number of rotatable bonds is 12. The predicted molar refractivity (Wildman–Crippen MR) is 129 cm³/mol. The van der Waals surface area contributed by atoms with E-state index in [9.17, 15) is 0 Å². The van der Waals surface area contributed by atoms with Crippen LogP contribution in [0.25, 0.3) is 0 Å². The lowest BCUT2D eigenvalue weighted by Crippen LogP contribution is -2.45. The molecule has 2 heterocycles. The zero-order valence-electron chi connectivity index (χ0n) is 20.5. The topological polar surface area (TPSA) is 46.2 Å². The van der Waals surface area contributed by atoms with Crippen LogP contribution in [0.4, 0.5) is 0 Å². The minimum Gasteiger partial charge on any atom is -0.457 e. The van der Waals surface area contributed by atoms with Crippen molar-refractivity contribution in [3.63, 3.8) is 0 Å². The second-order valence-electron chi connectivity index (χ2n) is 9.84. The summed E-state index contributed by atoms with van der Waals surface area (Å²) in [6, 6.07) is 16.3. The lowest BCUT2D eigenvalue weighted by Gasteiger charge is -2.41. The SMILES string of the molecule is CCC1(COC(C)c2ccc(Oc3ccc(C(C)OCC4(CC)COC4)cc3)cc2)COC1. The molecule has 2 saturated heterocycles. The molecule has 5 nitrogen and oxygen atoms in total. The lowest BCUT2D eigenvalue weighted by atomic mass is 9.84. The van der Waals surface area contributed by atoms with Gasteiger partial charge in [-0.05, 0) is 62.1 Å². The Bertz CT molecular complexity index is 784.